The Hall–Kier alpha value is -1.09. The van der Waals surface area contributed by atoms with Gasteiger partial charge in [-0.25, -0.2) is 8.78 Å². The summed E-state index contributed by atoms with van der Waals surface area (Å²) >= 11 is 0. The molecule has 0 saturated carbocycles. The summed E-state index contributed by atoms with van der Waals surface area (Å²) in [5.74, 6) is -2.19. The minimum Gasteiger partial charge on any atom is -0.392 e. The lowest BCUT2D eigenvalue weighted by atomic mass is 10.0. The Labute approximate surface area is 76.0 Å². The lowest BCUT2D eigenvalue weighted by molar-refractivity contribution is 0.273. The van der Waals surface area contributed by atoms with Crippen LogP contribution in [0.5, 0.6) is 0 Å². The van der Waals surface area contributed by atoms with Crippen LogP contribution in [0.4, 0.5) is 8.78 Å². The van der Waals surface area contributed by atoms with E-state index in [1.54, 1.807) is 6.92 Å². The summed E-state index contributed by atoms with van der Waals surface area (Å²) in [7, 11) is 0. The molecule has 13 heavy (non-hydrogen) atoms. The number of hydrogen-bond donors (Lipinski definition) is 1. The topological polar surface area (TPSA) is 20.2 Å². The molecule has 1 N–H and O–H groups in total. The molecule has 1 aromatic rings. The number of hydrogen-bond acceptors (Lipinski definition) is 1. The highest BCUT2D eigenvalue weighted by Crippen LogP contribution is 2.22. The lowest BCUT2D eigenvalue weighted by Gasteiger charge is -2.05. The molecule has 0 aliphatic heterocycles. The Morgan fingerprint density at radius 1 is 1.38 bits per heavy atom. The molecule has 1 aromatic carbocycles. The van der Waals surface area contributed by atoms with E-state index in [4.69, 9.17) is 5.11 Å². The van der Waals surface area contributed by atoms with Crippen molar-refractivity contribution in [2.24, 2.45) is 0 Å². The van der Waals surface area contributed by atoms with E-state index in [-0.39, 0.29) is 17.0 Å². The molecule has 0 spiro atoms. The van der Waals surface area contributed by atoms with Crippen LogP contribution >= 0.6 is 0 Å². The fourth-order valence-electron chi connectivity index (χ4n) is 1.11. The summed E-state index contributed by atoms with van der Waals surface area (Å²) in [6, 6.07) is 2.82. The number of halogens is 2. The maximum absolute atomic E-state index is 13.2. The van der Waals surface area contributed by atoms with Crippen molar-refractivity contribution in [1.82, 2.24) is 0 Å². The molecular formula is C10H11F2O+. The van der Waals surface area contributed by atoms with Crippen LogP contribution in [0.2, 0.25) is 0 Å². The first-order chi connectivity index (χ1) is 6.07. The Morgan fingerprint density at radius 3 is 2.46 bits per heavy atom. The summed E-state index contributed by atoms with van der Waals surface area (Å²) < 4.78 is 26.2. The molecule has 0 fully saturated rings. The first kappa shape index (κ1) is 9.99. The highest BCUT2D eigenvalue weighted by Gasteiger charge is 2.17. The van der Waals surface area contributed by atoms with Crippen molar-refractivity contribution in [2.75, 3.05) is 0 Å². The molecular weight excluding hydrogens is 174 g/mol. The lowest BCUT2D eigenvalue weighted by Crippen LogP contribution is -2.01. The van der Waals surface area contributed by atoms with Crippen LogP contribution in [0.1, 0.15) is 24.0 Å². The minimum absolute atomic E-state index is 0.0260. The van der Waals surface area contributed by atoms with Gasteiger partial charge in [-0.15, -0.1) is 0 Å². The van der Waals surface area contributed by atoms with Crippen molar-refractivity contribution in [2.45, 2.75) is 19.4 Å². The molecule has 0 aliphatic carbocycles. The van der Waals surface area contributed by atoms with Crippen molar-refractivity contribution in [3.8, 4) is 0 Å². The van der Waals surface area contributed by atoms with Crippen LogP contribution in [0.3, 0.4) is 0 Å². The Kier molecular flexibility index (Phi) is 2.88. The molecule has 0 radical (unpaired) electrons. The first-order valence-electron chi connectivity index (χ1n) is 3.98. The molecule has 0 aromatic heterocycles. The number of aliphatic hydroxyl groups is 1. The smallest absolute Gasteiger partial charge is 0.166 e. The molecule has 70 valence electrons. The van der Waals surface area contributed by atoms with Crippen molar-refractivity contribution < 1.29 is 13.9 Å². The van der Waals surface area contributed by atoms with E-state index < -0.39 is 18.2 Å². The molecule has 0 heterocycles. The zero-order chi connectivity index (χ0) is 10.0. The third-order valence-electron chi connectivity index (χ3n) is 1.89. The van der Waals surface area contributed by atoms with E-state index in [1.165, 1.54) is 12.1 Å². The zero-order valence-corrected chi connectivity index (χ0v) is 7.35. The van der Waals surface area contributed by atoms with Gasteiger partial charge in [-0.05, 0) is 6.92 Å². The van der Waals surface area contributed by atoms with E-state index in [2.05, 4.69) is 6.92 Å². The third kappa shape index (κ3) is 1.80. The van der Waals surface area contributed by atoms with E-state index in [1.807, 2.05) is 0 Å². The largest absolute Gasteiger partial charge is 0.392 e. The van der Waals surface area contributed by atoms with Gasteiger partial charge in [0.05, 0.1) is 13.5 Å². The summed E-state index contributed by atoms with van der Waals surface area (Å²) in [5, 5.41) is 8.65. The van der Waals surface area contributed by atoms with Gasteiger partial charge in [0.25, 0.3) is 0 Å². The Bertz CT molecular complexity index is 308. The van der Waals surface area contributed by atoms with Gasteiger partial charge in [0.2, 0.25) is 0 Å². The predicted molar refractivity (Wildman–Crippen MR) is 46.1 cm³/mol. The molecule has 0 amide bonds. The van der Waals surface area contributed by atoms with Crippen LogP contribution in [0.15, 0.2) is 12.1 Å². The molecule has 3 heteroatoms. The Morgan fingerprint density at radius 2 is 2.00 bits per heavy atom. The first-order valence-corrected chi connectivity index (χ1v) is 3.98. The van der Waals surface area contributed by atoms with Crippen molar-refractivity contribution in [3.05, 3.63) is 41.8 Å². The van der Waals surface area contributed by atoms with Crippen LogP contribution in [-0.4, -0.2) is 5.11 Å². The molecule has 1 rings (SSSR count). The van der Waals surface area contributed by atoms with Crippen molar-refractivity contribution in [3.63, 3.8) is 0 Å². The molecule has 0 bridgehead atoms. The van der Waals surface area contributed by atoms with Gasteiger partial charge in [0, 0.05) is 11.1 Å². The highest BCUT2D eigenvalue weighted by atomic mass is 19.2. The molecule has 0 aliphatic rings. The van der Waals surface area contributed by atoms with Gasteiger partial charge in [-0.1, -0.05) is 12.1 Å². The van der Waals surface area contributed by atoms with Crippen LogP contribution in [0.25, 0.3) is 0 Å². The maximum atomic E-state index is 13.2. The maximum Gasteiger partial charge on any atom is 0.166 e. The van der Waals surface area contributed by atoms with Crippen LogP contribution < -0.4 is 0 Å². The number of benzene rings is 1. The quantitative estimate of drug-likeness (QED) is 0.701. The zero-order valence-electron chi connectivity index (χ0n) is 7.35. The monoisotopic (exact) mass is 185 g/mol. The van der Waals surface area contributed by atoms with Gasteiger partial charge < -0.3 is 5.11 Å². The van der Waals surface area contributed by atoms with E-state index in [0.717, 1.165) is 0 Å². The highest BCUT2D eigenvalue weighted by molar-refractivity contribution is 5.28. The summed E-state index contributed by atoms with van der Waals surface area (Å²) in [5.41, 5.74) is 0.205. The number of rotatable bonds is 2. The second-order valence-electron chi connectivity index (χ2n) is 3.00. The molecule has 0 saturated heterocycles. The van der Waals surface area contributed by atoms with Gasteiger partial charge >= 0.3 is 0 Å². The fourth-order valence-corrected chi connectivity index (χ4v) is 1.11. The van der Waals surface area contributed by atoms with E-state index in [9.17, 15) is 8.78 Å². The van der Waals surface area contributed by atoms with Crippen LogP contribution in [-0.2, 0) is 6.61 Å². The normalized spacial score (nSPS) is 12.9. The fraction of sp³-hybridized carbons (Fsp3) is 0.300. The second-order valence-corrected chi connectivity index (χ2v) is 3.00. The standard InChI is InChI=1S/C10H11F2O/c1-6(2)8-4-3-7(5-13)9(11)10(8)12/h3-4,6,13H,1,5H2,2H3/q+1. The van der Waals surface area contributed by atoms with E-state index in [0.29, 0.717) is 0 Å². The minimum atomic E-state index is -0.976. The summed E-state index contributed by atoms with van der Waals surface area (Å²) in [6.45, 7) is 4.78. The van der Waals surface area contributed by atoms with Gasteiger partial charge in [0.15, 0.2) is 11.6 Å². The second kappa shape index (κ2) is 3.75. The van der Waals surface area contributed by atoms with Gasteiger partial charge in [-0.2, -0.15) is 0 Å². The predicted octanol–water partition coefficient (Wildman–Crippen LogP) is 2.39. The van der Waals surface area contributed by atoms with Gasteiger partial charge in [0.1, 0.15) is 5.92 Å². The molecule has 1 unspecified atom stereocenters. The Balaban J connectivity index is 3.23. The van der Waals surface area contributed by atoms with Gasteiger partial charge in [-0.3, -0.25) is 0 Å². The average molecular weight is 185 g/mol. The van der Waals surface area contributed by atoms with Crippen molar-refractivity contribution >= 4 is 0 Å². The van der Waals surface area contributed by atoms with E-state index >= 15 is 0 Å². The SMILES string of the molecule is [CH2+]C(C)c1ccc(CO)c(F)c1F. The summed E-state index contributed by atoms with van der Waals surface area (Å²) in [4.78, 5) is 0. The summed E-state index contributed by atoms with van der Waals surface area (Å²) in [6.07, 6.45) is 0. The molecule has 1 atom stereocenters. The third-order valence-corrected chi connectivity index (χ3v) is 1.89. The molecule has 1 nitrogen and oxygen atoms in total. The van der Waals surface area contributed by atoms with Crippen molar-refractivity contribution in [1.29, 1.82) is 0 Å². The average Bonchev–Trinajstić information content (AvgIpc) is 2.09. The van der Waals surface area contributed by atoms with Crippen LogP contribution in [0, 0.1) is 18.6 Å². The number of aliphatic hydroxyl groups excluding tert-OH is 1.